The van der Waals surface area contributed by atoms with Gasteiger partial charge in [-0.15, -0.1) is 11.6 Å². The van der Waals surface area contributed by atoms with Crippen molar-refractivity contribution in [2.45, 2.75) is 6.10 Å². The average molecular weight is 267 g/mol. The molecule has 0 aliphatic rings. The molecule has 0 fully saturated rings. The van der Waals surface area contributed by atoms with Crippen LogP contribution in [0, 0.1) is 0 Å². The molecule has 1 aromatic carbocycles. The van der Waals surface area contributed by atoms with Crippen LogP contribution in [0.1, 0.15) is 5.56 Å². The standard InChI is InChI=1S/C10H10Cl3NO/c11-4-7(15)5-14-6-8-9(12)2-1-3-10(8)13/h1-3,6-7,15H,4-5H2/b14-6+/t7-/m1/s1. The Hall–Kier alpha value is -0.280. The molecule has 0 saturated heterocycles. The zero-order valence-corrected chi connectivity index (χ0v) is 10.1. The summed E-state index contributed by atoms with van der Waals surface area (Å²) >= 11 is 17.2. The molecule has 1 N–H and O–H groups in total. The zero-order valence-electron chi connectivity index (χ0n) is 7.83. The van der Waals surface area contributed by atoms with Crippen molar-refractivity contribution in [2.75, 3.05) is 12.4 Å². The van der Waals surface area contributed by atoms with E-state index in [9.17, 15) is 0 Å². The van der Waals surface area contributed by atoms with E-state index in [0.717, 1.165) is 0 Å². The van der Waals surface area contributed by atoms with E-state index in [1.54, 1.807) is 24.4 Å². The molecule has 15 heavy (non-hydrogen) atoms. The third-order valence-corrected chi connectivity index (χ3v) is 2.73. The summed E-state index contributed by atoms with van der Waals surface area (Å²) in [5.41, 5.74) is 0.655. The first-order valence-corrected chi connectivity index (χ1v) is 5.62. The monoisotopic (exact) mass is 265 g/mol. The predicted molar refractivity (Wildman–Crippen MR) is 65.6 cm³/mol. The van der Waals surface area contributed by atoms with Gasteiger partial charge in [0.2, 0.25) is 0 Å². The fraction of sp³-hybridized carbons (Fsp3) is 0.300. The van der Waals surface area contributed by atoms with Crippen molar-refractivity contribution in [1.82, 2.24) is 0 Å². The molecule has 0 heterocycles. The summed E-state index contributed by atoms with van der Waals surface area (Å²) in [6, 6.07) is 5.22. The summed E-state index contributed by atoms with van der Waals surface area (Å²) in [7, 11) is 0. The topological polar surface area (TPSA) is 32.6 Å². The van der Waals surface area contributed by atoms with Gasteiger partial charge in [0.05, 0.1) is 28.6 Å². The molecule has 0 aromatic heterocycles. The van der Waals surface area contributed by atoms with Crippen molar-refractivity contribution in [3.05, 3.63) is 33.8 Å². The maximum absolute atomic E-state index is 9.16. The van der Waals surface area contributed by atoms with Gasteiger partial charge < -0.3 is 5.11 Å². The van der Waals surface area contributed by atoms with Crippen molar-refractivity contribution >= 4 is 41.0 Å². The Morgan fingerprint density at radius 2 is 1.93 bits per heavy atom. The Bertz CT molecular complexity index is 334. The molecule has 1 aromatic rings. The highest BCUT2D eigenvalue weighted by Gasteiger charge is 2.03. The highest BCUT2D eigenvalue weighted by atomic mass is 35.5. The largest absolute Gasteiger partial charge is 0.390 e. The third-order valence-electron chi connectivity index (χ3n) is 1.71. The molecule has 0 bridgehead atoms. The number of hydrogen-bond acceptors (Lipinski definition) is 2. The van der Waals surface area contributed by atoms with Crippen LogP contribution in [0.5, 0.6) is 0 Å². The Morgan fingerprint density at radius 3 is 2.47 bits per heavy atom. The Labute approximate surface area is 103 Å². The van der Waals surface area contributed by atoms with Crippen LogP contribution < -0.4 is 0 Å². The molecule has 0 radical (unpaired) electrons. The lowest BCUT2D eigenvalue weighted by Gasteiger charge is -2.02. The van der Waals surface area contributed by atoms with E-state index in [1.165, 1.54) is 0 Å². The minimum Gasteiger partial charge on any atom is -0.390 e. The van der Waals surface area contributed by atoms with E-state index in [2.05, 4.69) is 4.99 Å². The van der Waals surface area contributed by atoms with Gasteiger partial charge in [-0.25, -0.2) is 0 Å². The highest BCUT2D eigenvalue weighted by molar-refractivity contribution is 6.38. The van der Waals surface area contributed by atoms with Crippen LogP contribution in [0.3, 0.4) is 0 Å². The maximum Gasteiger partial charge on any atom is 0.0870 e. The molecular formula is C10H10Cl3NO. The quantitative estimate of drug-likeness (QED) is 0.659. The number of alkyl halides is 1. The second-order valence-corrected chi connectivity index (χ2v) is 4.06. The van der Waals surface area contributed by atoms with Crippen LogP contribution in [0.2, 0.25) is 10.0 Å². The van der Waals surface area contributed by atoms with Crippen molar-refractivity contribution in [3.63, 3.8) is 0 Å². The first kappa shape index (κ1) is 12.8. The number of hydrogen-bond donors (Lipinski definition) is 1. The average Bonchev–Trinajstić information content (AvgIpc) is 2.22. The van der Waals surface area contributed by atoms with Gasteiger partial charge in [-0.05, 0) is 12.1 Å². The summed E-state index contributed by atoms with van der Waals surface area (Å²) < 4.78 is 0. The van der Waals surface area contributed by atoms with E-state index in [0.29, 0.717) is 15.6 Å². The lowest BCUT2D eigenvalue weighted by molar-refractivity contribution is 0.207. The lowest BCUT2D eigenvalue weighted by atomic mass is 10.2. The van der Waals surface area contributed by atoms with Crippen molar-refractivity contribution < 1.29 is 5.11 Å². The van der Waals surface area contributed by atoms with E-state index >= 15 is 0 Å². The van der Waals surface area contributed by atoms with Gasteiger partial charge in [0.1, 0.15) is 0 Å². The van der Waals surface area contributed by atoms with E-state index in [4.69, 9.17) is 39.9 Å². The molecule has 1 atom stereocenters. The summed E-state index contributed by atoms with van der Waals surface area (Å²) in [5.74, 6) is 0.160. The maximum atomic E-state index is 9.16. The van der Waals surface area contributed by atoms with Crippen LogP contribution in [0.15, 0.2) is 23.2 Å². The summed E-state index contributed by atoms with van der Waals surface area (Å²) in [6.45, 7) is 0.241. The molecule has 0 unspecified atom stereocenters. The first-order valence-electron chi connectivity index (χ1n) is 4.33. The minimum atomic E-state index is -0.635. The van der Waals surface area contributed by atoms with Gasteiger partial charge in [0, 0.05) is 11.8 Å². The van der Waals surface area contributed by atoms with Crippen LogP contribution in [0.25, 0.3) is 0 Å². The third kappa shape index (κ3) is 3.99. The number of aliphatic imine (C=N–C) groups is 1. The molecule has 82 valence electrons. The second-order valence-electron chi connectivity index (χ2n) is 2.94. The lowest BCUT2D eigenvalue weighted by Crippen LogP contribution is -2.12. The fourth-order valence-electron chi connectivity index (χ4n) is 0.949. The molecule has 0 saturated carbocycles. The van der Waals surface area contributed by atoms with Gasteiger partial charge in [-0.1, -0.05) is 29.3 Å². The molecule has 0 aliphatic carbocycles. The van der Waals surface area contributed by atoms with Crippen LogP contribution in [0.4, 0.5) is 0 Å². The number of rotatable bonds is 4. The Balaban J connectivity index is 2.72. The summed E-state index contributed by atoms with van der Waals surface area (Å²) in [4.78, 5) is 4.01. The second kappa shape index (κ2) is 6.33. The molecule has 0 spiro atoms. The normalized spacial score (nSPS) is 13.3. The molecule has 0 amide bonds. The molecule has 5 heteroatoms. The van der Waals surface area contributed by atoms with Crippen molar-refractivity contribution in [2.24, 2.45) is 4.99 Å². The van der Waals surface area contributed by atoms with Crippen molar-refractivity contribution in [1.29, 1.82) is 0 Å². The molecular weight excluding hydrogens is 256 g/mol. The number of aliphatic hydroxyl groups excluding tert-OH is 1. The molecule has 1 rings (SSSR count). The number of benzene rings is 1. The van der Waals surface area contributed by atoms with Gasteiger partial charge in [0.15, 0.2) is 0 Å². The first-order chi connectivity index (χ1) is 7.15. The molecule has 0 aliphatic heterocycles. The zero-order chi connectivity index (χ0) is 11.3. The SMILES string of the molecule is O[C@H](CCl)C/N=C/c1c(Cl)cccc1Cl. The summed E-state index contributed by atoms with van der Waals surface area (Å²) in [6.07, 6.45) is 0.907. The smallest absolute Gasteiger partial charge is 0.0870 e. The van der Waals surface area contributed by atoms with Crippen molar-refractivity contribution in [3.8, 4) is 0 Å². The van der Waals surface area contributed by atoms with Gasteiger partial charge in [-0.2, -0.15) is 0 Å². The number of nitrogens with zero attached hydrogens (tertiary/aromatic N) is 1. The fourth-order valence-corrected chi connectivity index (χ4v) is 1.54. The number of halogens is 3. The highest BCUT2D eigenvalue weighted by Crippen LogP contribution is 2.22. The minimum absolute atomic E-state index is 0.160. The predicted octanol–water partition coefficient (Wildman–Crippen LogP) is 3.01. The number of aliphatic hydroxyl groups is 1. The Morgan fingerprint density at radius 1 is 1.33 bits per heavy atom. The van der Waals surface area contributed by atoms with E-state index in [-0.39, 0.29) is 12.4 Å². The van der Waals surface area contributed by atoms with Gasteiger partial charge in [0.25, 0.3) is 0 Å². The van der Waals surface area contributed by atoms with Gasteiger partial charge in [-0.3, -0.25) is 4.99 Å². The summed E-state index contributed by atoms with van der Waals surface area (Å²) in [5, 5.41) is 10.2. The Kier molecular flexibility index (Phi) is 5.40. The van der Waals surface area contributed by atoms with Gasteiger partial charge >= 0.3 is 0 Å². The van der Waals surface area contributed by atoms with E-state index < -0.39 is 6.10 Å². The van der Waals surface area contributed by atoms with E-state index in [1.807, 2.05) is 0 Å². The van der Waals surface area contributed by atoms with Crippen LogP contribution >= 0.6 is 34.8 Å². The van der Waals surface area contributed by atoms with Crippen LogP contribution in [-0.4, -0.2) is 29.8 Å². The molecule has 2 nitrogen and oxygen atoms in total. The van der Waals surface area contributed by atoms with Crippen LogP contribution in [-0.2, 0) is 0 Å².